The lowest BCUT2D eigenvalue weighted by atomic mass is 10.0. The molecule has 1 aromatic rings. The maximum absolute atomic E-state index is 12.4. The van der Waals surface area contributed by atoms with Gasteiger partial charge in [0, 0.05) is 12.2 Å². The van der Waals surface area contributed by atoms with Crippen LogP contribution in [0.5, 0.6) is 0 Å². The summed E-state index contributed by atoms with van der Waals surface area (Å²) in [5.41, 5.74) is 4.92. The molecule has 0 saturated carbocycles. The van der Waals surface area contributed by atoms with Crippen LogP contribution in [0.3, 0.4) is 0 Å². The van der Waals surface area contributed by atoms with Gasteiger partial charge in [0.1, 0.15) is 0 Å². The SMILES string of the molecule is CC(C)[C@H](CNc1ccc(C(F)(F)F)cc1)NC(N)=O. The average Bonchev–Trinajstić information content (AvgIpc) is 2.33. The van der Waals surface area contributed by atoms with Gasteiger partial charge in [-0.3, -0.25) is 0 Å². The molecule has 0 aliphatic rings. The van der Waals surface area contributed by atoms with Crippen molar-refractivity contribution >= 4 is 11.7 Å². The summed E-state index contributed by atoms with van der Waals surface area (Å²) >= 11 is 0. The predicted octanol–water partition coefficient (Wildman–Crippen LogP) is 2.81. The third kappa shape index (κ3) is 4.99. The number of halogens is 3. The number of hydrogen-bond donors (Lipinski definition) is 3. The van der Waals surface area contributed by atoms with Crippen LogP contribution in [-0.4, -0.2) is 18.6 Å². The molecule has 4 nitrogen and oxygen atoms in total. The first kappa shape index (κ1) is 16.1. The fourth-order valence-corrected chi connectivity index (χ4v) is 1.64. The largest absolute Gasteiger partial charge is 0.416 e. The van der Waals surface area contributed by atoms with Crippen LogP contribution >= 0.6 is 0 Å². The van der Waals surface area contributed by atoms with Crippen molar-refractivity contribution in [3.05, 3.63) is 29.8 Å². The van der Waals surface area contributed by atoms with E-state index < -0.39 is 17.8 Å². The highest BCUT2D eigenvalue weighted by Gasteiger charge is 2.29. The maximum atomic E-state index is 12.4. The third-order valence-corrected chi connectivity index (χ3v) is 2.87. The van der Waals surface area contributed by atoms with Crippen molar-refractivity contribution in [2.45, 2.75) is 26.1 Å². The molecule has 1 aromatic carbocycles. The van der Waals surface area contributed by atoms with Gasteiger partial charge in [-0.2, -0.15) is 13.2 Å². The first-order valence-electron chi connectivity index (χ1n) is 6.17. The number of primary amides is 1. The zero-order chi connectivity index (χ0) is 15.3. The number of nitrogens with two attached hydrogens (primary N) is 1. The second-order valence-electron chi connectivity index (χ2n) is 4.82. The van der Waals surface area contributed by atoms with Gasteiger partial charge in [-0.25, -0.2) is 4.79 Å². The fraction of sp³-hybridized carbons (Fsp3) is 0.462. The first-order chi connectivity index (χ1) is 9.20. The van der Waals surface area contributed by atoms with E-state index in [0.717, 1.165) is 12.1 Å². The summed E-state index contributed by atoms with van der Waals surface area (Å²) in [5.74, 6) is 0.143. The third-order valence-electron chi connectivity index (χ3n) is 2.87. The van der Waals surface area contributed by atoms with Crippen molar-refractivity contribution in [3.63, 3.8) is 0 Å². The normalized spacial score (nSPS) is 13.1. The molecule has 0 bridgehead atoms. The van der Waals surface area contributed by atoms with Crippen LogP contribution in [0.15, 0.2) is 24.3 Å². The van der Waals surface area contributed by atoms with Gasteiger partial charge >= 0.3 is 12.2 Å². The quantitative estimate of drug-likeness (QED) is 0.780. The number of anilines is 1. The molecule has 0 fully saturated rings. The number of carbonyl (C=O) groups is 1. The lowest BCUT2D eigenvalue weighted by Crippen LogP contribution is -2.45. The van der Waals surface area contributed by atoms with Crippen molar-refractivity contribution in [1.82, 2.24) is 5.32 Å². The molecule has 7 heteroatoms. The molecule has 0 spiro atoms. The van der Waals surface area contributed by atoms with E-state index in [9.17, 15) is 18.0 Å². The minimum atomic E-state index is -4.34. The Bertz CT molecular complexity index is 443. The van der Waals surface area contributed by atoms with Crippen molar-refractivity contribution < 1.29 is 18.0 Å². The monoisotopic (exact) mass is 289 g/mol. The molecule has 0 saturated heterocycles. The molecular formula is C13H18F3N3O. The molecule has 112 valence electrons. The average molecular weight is 289 g/mol. The van der Waals surface area contributed by atoms with Crippen molar-refractivity contribution in [2.75, 3.05) is 11.9 Å². The molecule has 0 unspecified atom stereocenters. The molecule has 0 aromatic heterocycles. The molecule has 2 amide bonds. The summed E-state index contributed by atoms with van der Waals surface area (Å²) in [5, 5.41) is 5.55. The van der Waals surface area contributed by atoms with Gasteiger partial charge in [0.2, 0.25) is 0 Å². The maximum Gasteiger partial charge on any atom is 0.416 e. The Labute approximate surface area is 115 Å². The van der Waals surface area contributed by atoms with Gasteiger partial charge in [0.15, 0.2) is 0 Å². The second-order valence-corrected chi connectivity index (χ2v) is 4.82. The Morgan fingerprint density at radius 2 is 1.80 bits per heavy atom. The number of amides is 2. The van der Waals surface area contributed by atoms with Crippen LogP contribution in [0.4, 0.5) is 23.7 Å². The number of nitrogens with one attached hydrogen (secondary N) is 2. The molecule has 4 N–H and O–H groups in total. The van der Waals surface area contributed by atoms with Crippen LogP contribution in [0.1, 0.15) is 19.4 Å². The van der Waals surface area contributed by atoms with Gasteiger partial charge in [-0.15, -0.1) is 0 Å². The highest BCUT2D eigenvalue weighted by atomic mass is 19.4. The summed E-state index contributed by atoms with van der Waals surface area (Å²) in [6, 6.07) is 3.89. The van der Waals surface area contributed by atoms with E-state index >= 15 is 0 Å². The van der Waals surface area contributed by atoms with E-state index in [-0.39, 0.29) is 12.0 Å². The first-order valence-corrected chi connectivity index (χ1v) is 6.17. The number of benzene rings is 1. The molecule has 0 aliphatic carbocycles. The molecule has 0 radical (unpaired) electrons. The van der Waals surface area contributed by atoms with Gasteiger partial charge in [0.25, 0.3) is 0 Å². The van der Waals surface area contributed by atoms with Gasteiger partial charge in [-0.05, 0) is 30.2 Å². The van der Waals surface area contributed by atoms with E-state index in [1.54, 1.807) is 0 Å². The van der Waals surface area contributed by atoms with Crippen LogP contribution in [0.2, 0.25) is 0 Å². The number of carbonyl (C=O) groups excluding carboxylic acids is 1. The van der Waals surface area contributed by atoms with Gasteiger partial charge < -0.3 is 16.4 Å². The van der Waals surface area contributed by atoms with E-state index in [1.165, 1.54) is 12.1 Å². The fourth-order valence-electron chi connectivity index (χ4n) is 1.64. The molecular weight excluding hydrogens is 271 g/mol. The topological polar surface area (TPSA) is 67.2 Å². The molecule has 20 heavy (non-hydrogen) atoms. The summed E-state index contributed by atoms with van der Waals surface area (Å²) < 4.78 is 37.2. The number of urea groups is 1. The summed E-state index contributed by atoms with van der Waals surface area (Å²) in [6.45, 7) is 4.20. The summed E-state index contributed by atoms with van der Waals surface area (Å²) in [4.78, 5) is 10.8. The van der Waals surface area contributed by atoms with Crippen LogP contribution in [-0.2, 0) is 6.18 Å². The highest BCUT2D eigenvalue weighted by molar-refractivity contribution is 5.72. The van der Waals surface area contributed by atoms with Crippen molar-refractivity contribution in [2.24, 2.45) is 11.7 Å². The minimum absolute atomic E-state index is 0.143. The van der Waals surface area contributed by atoms with Crippen molar-refractivity contribution in [3.8, 4) is 0 Å². The lowest BCUT2D eigenvalue weighted by molar-refractivity contribution is -0.137. The number of hydrogen-bond acceptors (Lipinski definition) is 2. The minimum Gasteiger partial charge on any atom is -0.383 e. The Kier molecular flexibility index (Phi) is 5.24. The second kappa shape index (κ2) is 6.49. The number of alkyl halides is 3. The van der Waals surface area contributed by atoms with Gasteiger partial charge in [-0.1, -0.05) is 13.8 Å². The van der Waals surface area contributed by atoms with E-state index in [0.29, 0.717) is 12.2 Å². The van der Waals surface area contributed by atoms with Gasteiger partial charge in [0.05, 0.1) is 11.6 Å². The Morgan fingerprint density at radius 3 is 2.20 bits per heavy atom. The summed E-state index contributed by atoms with van der Waals surface area (Å²) in [6.07, 6.45) is -4.34. The van der Waals surface area contributed by atoms with Crippen LogP contribution in [0, 0.1) is 5.92 Å². The zero-order valence-electron chi connectivity index (χ0n) is 11.3. The Hall–Kier alpha value is -1.92. The standard InChI is InChI=1S/C13H18F3N3O/c1-8(2)11(19-12(17)20)7-18-10-5-3-9(4-6-10)13(14,15)16/h3-6,8,11,18H,7H2,1-2H3,(H3,17,19,20)/t11-/m0/s1. The molecule has 1 atom stereocenters. The van der Waals surface area contributed by atoms with Crippen LogP contribution < -0.4 is 16.4 Å². The number of rotatable bonds is 5. The highest BCUT2D eigenvalue weighted by Crippen LogP contribution is 2.29. The van der Waals surface area contributed by atoms with Crippen LogP contribution in [0.25, 0.3) is 0 Å². The van der Waals surface area contributed by atoms with E-state index in [1.807, 2.05) is 13.8 Å². The predicted molar refractivity (Wildman–Crippen MR) is 71.3 cm³/mol. The Balaban J connectivity index is 2.62. The smallest absolute Gasteiger partial charge is 0.383 e. The van der Waals surface area contributed by atoms with E-state index in [4.69, 9.17) is 5.73 Å². The molecule has 1 rings (SSSR count). The molecule has 0 aliphatic heterocycles. The Morgan fingerprint density at radius 1 is 1.25 bits per heavy atom. The lowest BCUT2D eigenvalue weighted by Gasteiger charge is -2.22. The van der Waals surface area contributed by atoms with E-state index in [2.05, 4.69) is 10.6 Å². The summed E-state index contributed by atoms with van der Waals surface area (Å²) in [7, 11) is 0. The van der Waals surface area contributed by atoms with Crippen molar-refractivity contribution in [1.29, 1.82) is 0 Å². The molecule has 0 heterocycles. The zero-order valence-corrected chi connectivity index (χ0v) is 11.3.